The van der Waals surface area contributed by atoms with Gasteiger partial charge < -0.3 is 25.8 Å². The molecule has 0 aliphatic rings. The summed E-state index contributed by atoms with van der Waals surface area (Å²) in [6, 6.07) is -1.72. The molecule has 2 amide bonds. The number of ether oxygens (including phenoxy) is 2. The van der Waals surface area contributed by atoms with E-state index in [2.05, 4.69) is 23.3 Å². The van der Waals surface area contributed by atoms with Gasteiger partial charge in [-0.2, -0.15) is 12.6 Å². The van der Waals surface area contributed by atoms with Gasteiger partial charge in [0.1, 0.15) is 17.7 Å². The molecule has 8 nitrogen and oxygen atoms in total. The molecular weight excluding hydrogens is 346 g/mol. The molecule has 0 saturated heterocycles. The first-order chi connectivity index (χ1) is 11.6. The zero-order chi connectivity index (χ0) is 19.5. The fourth-order valence-corrected chi connectivity index (χ4v) is 2.15. The van der Waals surface area contributed by atoms with Crippen molar-refractivity contribution >= 4 is 30.6 Å². The minimum atomic E-state index is -0.881. The van der Waals surface area contributed by atoms with Crippen molar-refractivity contribution < 1.29 is 23.9 Å². The number of hydrogen-bond donors (Lipinski definition) is 4. The van der Waals surface area contributed by atoms with Gasteiger partial charge in [0.15, 0.2) is 0 Å². The molecule has 4 N–H and O–H groups in total. The molecule has 146 valence electrons. The Balaban J connectivity index is 4.90. The molecule has 9 heteroatoms. The smallest absolute Gasteiger partial charge is 0.408 e. The summed E-state index contributed by atoms with van der Waals surface area (Å²) >= 11 is 4.06. The largest absolute Gasteiger partial charge is 0.464 e. The van der Waals surface area contributed by atoms with Crippen LogP contribution in [-0.4, -0.2) is 54.6 Å². The van der Waals surface area contributed by atoms with Crippen LogP contribution in [0.25, 0.3) is 0 Å². The summed E-state index contributed by atoms with van der Waals surface area (Å²) < 4.78 is 10.1. The van der Waals surface area contributed by atoms with Gasteiger partial charge in [0.05, 0.1) is 6.61 Å². The van der Waals surface area contributed by atoms with E-state index in [1.165, 1.54) is 0 Å². The Morgan fingerprint density at radius 1 is 1.12 bits per heavy atom. The lowest BCUT2D eigenvalue weighted by molar-refractivity contribution is -0.146. The van der Waals surface area contributed by atoms with Crippen molar-refractivity contribution in [2.75, 3.05) is 18.9 Å². The third kappa shape index (κ3) is 10.9. The van der Waals surface area contributed by atoms with Gasteiger partial charge in [-0.25, -0.2) is 9.59 Å². The Labute approximate surface area is 155 Å². The molecule has 0 aliphatic carbocycles. The molecular formula is C16H31N3O5S. The number of rotatable bonds is 10. The van der Waals surface area contributed by atoms with Gasteiger partial charge in [-0.1, -0.05) is 0 Å². The van der Waals surface area contributed by atoms with Crippen LogP contribution in [0.2, 0.25) is 0 Å². The van der Waals surface area contributed by atoms with Gasteiger partial charge >= 0.3 is 12.1 Å². The maximum atomic E-state index is 12.5. The van der Waals surface area contributed by atoms with Crippen molar-refractivity contribution in [2.24, 2.45) is 5.73 Å². The second kappa shape index (κ2) is 12.0. The monoisotopic (exact) mass is 377 g/mol. The fourth-order valence-electron chi connectivity index (χ4n) is 1.91. The number of unbranched alkanes of at least 4 members (excludes halogenated alkanes) is 1. The predicted molar refractivity (Wildman–Crippen MR) is 98.5 cm³/mol. The van der Waals surface area contributed by atoms with E-state index in [-0.39, 0.29) is 12.4 Å². The Morgan fingerprint density at radius 3 is 2.24 bits per heavy atom. The van der Waals surface area contributed by atoms with Gasteiger partial charge in [0.25, 0.3) is 0 Å². The number of esters is 1. The number of nitrogens with two attached hydrogens (primary N) is 1. The zero-order valence-corrected chi connectivity index (χ0v) is 16.4. The summed E-state index contributed by atoms with van der Waals surface area (Å²) in [7, 11) is 0. The third-order valence-electron chi connectivity index (χ3n) is 3.02. The van der Waals surface area contributed by atoms with Crippen molar-refractivity contribution in [3.8, 4) is 0 Å². The summed E-state index contributed by atoms with van der Waals surface area (Å²) in [5, 5.41) is 5.10. The summed E-state index contributed by atoms with van der Waals surface area (Å²) in [6.45, 7) is 7.56. The molecule has 0 radical (unpaired) electrons. The average molecular weight is 378 g/mol. The zero-order valence-electron chi connectivity index (χ0n) is 15.5. The van der Waals surface area contributed by atoms with Crippen molar-refractivity contribution in [2.45, 2.75) is 64.6 Å². The van der Waals surface area contributed by atoms with Crippen LogP contribution in [0, 0.1) is 0 Å². The highest BCUT2D eigenvalue weighted by molar-refractivity contribution is 7.80. The molecule has 0 unspecified atom stereocenters. The molecule has 0 aromatic carbocycles. The van der Waals surface area contributed by atoms with Crippen molar-refractivity contribution in [3.05, 3.63) is 0 Å². The highest BCUT2D eigenvalue weighted by atomic mass is 32.1. The SMILES string of the molecule is CCOC(=O)[C@H](CS)NC(=O)[C@H](CCCCN)NC(=O)OC(C)(C)C. The van der Waals surface area contributed by atoms with E-state index in [1.54, 1.807) is 27.7 Å². The first kappa shape index (κ1) is 23.5. The highest BCUT2D eigenvalue weighted by Gasteiger charge is 2.28. The van der Waals surface area contributed by atoms with Gasteiger partial charge in [0.2, 0.25) is 5.91 Å². The number of carbonyl (C=O) groups excluding carboxylic acids is 3. The van der Waals surface area contributed by atoms with E-state index in [9.17, 15) is 14.4 Å². The minimum absolute atomic E-state index is 0.0898. The third-order valence-corrected chi connectivity index (χ3v) is 3.39. The Morgan fingerprint density at radius 2 is 1.76 bits per heavy atom. The van der Waals surface area contributed by atoms with Gasteiger partial charge in [-0.3, -0.25) is 4.79 Å². The normalized spacial score (nSPS) is 13.5. The first-order valence-corrected chi connectivity index (χ1v) is 9.05. The number of nitrogens with one attached hydrogen (secondary N) is 2. The van der Waals surface area contributed by atoms with Gasteiger partial charge in [-0.05, 0) is 53.5 Å². The van der Waals surface area contributed by atoms with E-state index in [1.807, 2.05) is 0 Å². The molecule has 0 saturated carbocycles. The van der Waals surface area contributed by atoms with Crippen LogP contribution >= 0.6 is 12.6 Å². The molecule has 0 aromatic heterocycles. The molecule has 0 spiro atoms. The lowest BCUT2D eigenvalue weighted by Crippen LogP contribution is -2.53. The maximum Gasteiger partial charge on any atom is 0.408 e. The molecule has 0 heterocycles. The van der Waals surface area contributed by atoms with Gasteiger partial charge in [0, 0.05) is 5.75 Å². The summed E-state index contributed by atoms with van der Waals surface area (Å²) in [5.74, 6) is -0.967. The molecule has 0 aliphatic heterocycles. The second-order valence-corrected chi connectivity index (χ2v) is 6.84. The highest BCUT2D eigenvalue weighted by Crippen LogP contribution is 2.08. The van der Waals surface area contributed by atoms with E-state index in [4.69, 9.17) is 15.2 Å². The lowest BCUT2D eigenvalue weighted by Gasteiger charge is -2.24. The molecule has 25 heavy (non-hydrogen) atoms. The van der Waals surface area contributed by atoms with Crippen molar-refractivity contribution in [1.82, 2.24) is 10.6 Å². The van der Waals surface area contributed by atoms with Crippen LogP contribution in [0.3, 0.4) is 0 Å². The summed E-state index contributed by atoms with van der Waals surface area (Å²) in [4.78, 5) is 36.2. The van der Waals surface area contributed by atoms with E-state index < -0.39 is 35.7 Å². The van der Waals surface area contributed by atoms with Crippen LogP contribution in [-0.2, 0) is 19.1 Å². The first-order valence-electron chi connectivity index (χ1n) is 8.42. The van der Waals surface area contributed by atoms with Crippen LogP contribution in [0.5, 0.6) is 0 Å². The van der Waals surface area contributed by atoms with E-state index in [0.717, 1.165) is 0 Å². The average Bonchev–Trinajstić information content (AvgIpc) is 2.49. The molecule has 2 atom stereocenters. The number of amides is 2. The Kier molecular flexibility index (Phi) is 11.3. The number of alkyl carbamates (subject to hydrolysis) is 1. The standard InChI is InChI=1S/C16H31N3O5S/c1-5-23-14(21)12(10-25)18-13(20)11(8-6-7-9-17)19-15(22)24-16(2,3)4/h11-12,25H,5-10,17H2,1-4H3,(H,18,20)(H,19,22)/t11-,12-/m0/s1. The summed E-state index contributed by atoms with van der Waals surface area (Å²) in [5.41, 5.74) is 4.79. The van der Waals surface area contributed by atoms with Crippen molar-refractivity contribution in [3.63, 3.8) is 0 Å². The van der Waals surface area contributed by atoms with Crippen LogP contribution < -0.4 is 16.4 Å². The van der Waals surface area contributed by atoms with Crippen LogP contribution in [0.1, 0.15) is 47.0 Å². The fraction of sp³-hybridized carbons (Fsp3) is 0.812. The minimum Gasteiger partial charge on any atom is -0.464 e. The second-order valence-electron chi connectivity index (χ2n) is 6.48. The molecule has 0 bridgehead atoms. The lowest BCUT2D eigenvalue weighted by atomic mass is 10.1. The number of hydrogen-bond acceptors (Lipinski definition) is 7. The summed E-state index contributed by atoms with van der Waals surface area (Å²) in [6.07, 6.45) is 1.05. The molecule has 0 rings (SSSR count). The Hall–Kier alpha value is -1.48. The number of thiol groups is 1. The maximum absolute atomic E-state index is 12.5. The van der Waals surface area contributed by atoms with Crippen LogP contribution in [0.15, 0.2) is 0 Å². The quantitative estimate of drug-likeness (QED) is 0.256. The van der Waals surface area contributed by atoms with Crippen LogP contribution in [0.4, 0.5) is 4.79 Å². The predicted octanol–water partition coefficient (Wildman–Crippen LogP) is 0.986. The Bertz CT molecular complexity index is 440. The number of carbonyl (C=O) groups is 3. The topological polar surface area (TPSA) is 120 Å². The van der Waals surface area contributed by atoms with E-state index >= 15 is 0 Å². The molecule has 0 fully saturated rings. The van der Waals surface area contributed by atoms with Crippen molar-refractivity contribution in [1.29, 1.82) is 0 Å². The molecule has 0 aromatic rings. The van der Waals surface area contributed by atoms with E-state index in [0.29, 0.717) is 25.8 Å². The van der Waals surface area contributed by atoms with Gasteiger partial charge in [-0.15, -0.1) is 0 Å².